The number of carboxylic acids is 1. The van der Waals surface area contributed by atoms with Crippen LogP contribution in [0, 0.1) is 11.8 Å². The first-order valence-electron chi connectivity index (χ1n) is 1.15. The van der Waals surface area contributed by atoms with E-state index in [1.165, 1.54) is 0 Å². The fraction of sp³-hybridized carbons (Fsp3) is 0.333. The van der Waals surface area contributed by atoms with E-state index in [-0.39, 0.29) is 0 Å². The Morgan fingerprint density at radius 2 is 1.83 bits per heavy atom. The molecule has 1 N–H and O–H groups in total. The van der Waals surface area contributed by atoms with Crippen molar-refractivity contribution < 1.29 is 9.90 Å². The van der Waals surface area contributed by atoms with E-state index in [4.69, 9.17) is 21.7 Å². The Hall–Kier alpha value is -1.04. The third-order valence-corrected chi connectivity index (χ3v) is 0. The average Bonchev–Trinajstić information content (AvgIpc) is 1.41. The van der Waals surface area contributed by atoms with Crippen LogP contribution < -0.4 is 0 Å². The molecule has 0 amide bonds. The minimum Gasteiger partial charge on any atom is -0.512 e. The summed E-state index contributed by atoms with van der Waals surface area (Å²) in [6, 6.07) is 0. The second-order valence-corrected chi connectivity index (χ2v) is 0.519. The zero-order valence-electron chi connectivity index (χ0n) is 3.30. The maximum atomic E-state index is 9.00. The van der Waals surface area contributed by atoms with E-state index >= 15 is 0 Å². The van der Waals surface area contributed by atoms with Crippen LogP contribution in [0.15, 0.2) is 0 Å². The van der Waals surface area contributed by atoms with E-state index in [1.807, 2.05) is 0 Å². The second kappa shape index (κ2) is 9.03. The topological polar surface area (TPSA) is 61.1 Å². The van der Waals surface area contributed by atoms with Crippen LogP contribution in [0.25, 0.3) is 0 Å². The Morgan fingerprint density at radius 3 is 1.83 bits per heavy atom. The molecule has 0 spiro atoms. The molecule has 0 aliphatic heterocycles. The lowest BCUT2D eigenvalue weighted by Crippen LogP contribution is -1.78. The van der Waals surface area contributed by atoms with E-state index in [9.17, 15) is 0 Å². The second-order valence-electron chi connectivity index (χ2n) is 0.519. The molecule has 0 fully saturated rings. The minimum atomic E-state index is -0.833. The van der Waals surface area contributed by atoms with Crippen LogP contribution in [0.2, 0.25) is 0 Å². The normalized spacial score (nSPS) is 4.50. The van der Waals surface area contributed by atoms with Crippen LogP contribution in [0.4, 0.5) is 0 Å². The van der Waals surface area contributed by atoms with Gasteiger partial charge in [0.15, 0.2) is 0 Å². The Labute approximate surface area is 35.8 Å². The fourth-order valence-corrected chi connectivity index (χ4v) is 0. The smallest absolute Gasteiger partial charge is 0.300 e. The highest BCUT2D eigenvalue weighted by atomic mass is 16.4. The van der Waals surface area contributed by atoms with Crippen molar-refractivity contribution in [3.63, 3.8) is 0 Å². The third-order valence-electron chi connectivity index (χ3n) is 0. The summed E-state index contributed by atoms with van der Waals surface area (Å²) in [6.45, 7) is 5.83. The van der Waals surface area contributed by atoms with Gasteiger partial charge in [-0.15, -0.1) is 0 Å². The molecule has 0 atom stereocenters. The summed E-state index contributed by atoms with van der Waals surface area (Å²) >= 11 is 0. The number of carbonyl (C=O) groups is 1. The molecule has 3 nitrogen and oxygen atoms in total. The highest BCUT2D eigenvalue weighted by Crippen LogP contribution is 1.42. The predicted octanol–water partition coefficient (Wildman–Crippen LogP) is 0.187. The predicted molar refractivity (Wildman–Crippen MR) is 18.3 cm³/mol. The number of hydrogen-bond donors (Lipinski definition) is 1. The first-order valence-corrected chi connectivity index (χ1v) is 1.15. The summed E-state index contributed by atoms with van der Waals surface area (Å²) in [6.07, 6.45) is 0. The minimum absolute atomic E-state index is 0.833. The van der Waals surface area contributed by atoms with Gasteiger partial charge in [-0.1, -0.05) is 0 Å². The van der Waals surface area contributed by atoms with Gasteiger partial charge in [0.25, 0.3) is 5.97 Å². The highest BCUT2D eigenvalue weighted by molar-refractivity contribution is 5.62. The van der Waals surface area contributed by atoms with E-state index in [1.54, 1.807) is 0 Å². The third kappa shape index (κ3) is 10.5. The fourth-order valence-electron chi connectivity index (χ4n) is 0. The lowest BCUT2D eigenvalue weighted by atomic mass is 10.9. The Morgan fingerprint density at radius 1 is 1.83 bits per heavy atom. The summed E-state index contributed by atoms with van der Waals surface area (Å²) in [5.74, 6) is -0.833. The van der Waals surface area contributed by atoms with E-state index in [0.717, 1.165) is 6.92 Å². The molecule has 0 aromatic rings. The zero-order chi connectivity index (χ0) is 5.58. The molecule has 0 aromatic heterocycles. The molecule has 0 aliphatic carbocycles. The van der Waals surface area contributed by atoms with E-state index < -0.39 is 5.97 Å². The Balaban J connectivity index is 0. The summed E-state index contributed by atoms with van der Waals surface area (Å²) < 4.78 is 0. The molecule has 0 bridgehead atoms. The van der Waals surface area contributed by atoms with Gasteiger partial charge >= 0.3 is 0 Å². The van der Waals surface area contributed by atoms with Crippen LogP contribution in [0.3, 0.4) is 0 Å². The van der Waals surface area contributed by atoms with Gasteiger partial charge in [-0.25, -0.2) is 0 Å². The maximum absolute atomic E-state index is 9.00. The van der Waals surface area contributed by atoms with Crippen molar-refractivity contribution >= 4 is 5.97 Å². The number of rotatable bonds is 0. The van der Waals surface area contributed by atoms with Crippen molar-refractivity contribution in [1.29, 1.82) is 5.26 Å². The molecule has 0 rings (SSSR count). The highest BCUT2D eigenvalue weighted by Gasteiger charge is 1.65. The maximum Gasteiger partial charge on any atom is 0.300 e. The first kappa shape index (κ1) is 8.88. The molecule has 0 saturated heterocycles. The molecule has 0 aromatic carbocycles. The van der Waals surface area contributed by atoms with Gasteiger partial charge in [0.1, 0.15) is 0 Å². The number of aliphatic carboxylic acids is 1. The standard InChI is InChI=1S/C2H4O2.CN/c1-2(3)4;1-2/h1H3,(H,3,4);/q;-1. The zero-order valence-corrected chi connectivity index (χ0v) is 3.30. The molecule has 0 saturated carbocycles. The average molecular weight is 86.1 g/mol. The van der Waals surface area contributed by atoms with Crippen LogP contribution in [0.5, 0.6) is 0 Å². The molecule has 0 radical (unpaired) electrons. The van der Waals surface area contributed by atoms with Crippen LogP contribution in [0.1, 0.15) is 6.92 Å². The first-order chi connectivity index (χ1) is 2.73. The van der Waals surface area contributed by atoms with Crippen LogP contribution in [-0.2, 0) is 4.79 Å². The molecule has 6 heavy (non-hydrogen) atoms. The lowest BCUT2D eigenvalue weighted by Gasteiger charge is -1.59. The van der Waals surface area contributed by atoms with Crippen LogP contribution in [-0.4, -0.2) is 11.1 Å². The SMILES string of the molecule is CC(=O)O.[C-]#N. The van der Waals surface area contributed by atoms with Crippen molar-refractivity contribution in [3.8, 4) is 0 Å². The van der Waals surface area contributed by atoms with Crippen LogP contribution >= 0.6 is 0 Å². The lowest BCUT2D eigenvalue weighted by molar-refractivity contribution is -0.134. The summed E-state index contributed by atoms with van der Waals surface area (Å²) in [4.78, 5) is 9.00. The van der Waals surface area contributed by atoms with Crippen molar-refractivity contribution in [2.75, 3.05) is 0 Å². The molecule has 34 valence electrons. The van der Waals surface area contributed by atoms with E-state index in [0.29, 0.717) is 0 Å². The van der Waals surface area contributed by atoms with Gasteiger partial charge in [-0.2, -0.15) is 0 Å². The van der Waals surface area contributed by atoms with Crippen molar-refractivity contribution in [2.24, 2.45) is 0 Å². The van der Waals surface area contributed by atoms with Gasteiger partial charge in [-0.3, -0.25) is 4.79 Å². The molecular formula is C3H4NO2-. The summed E-state index contributed by atoms with van der Waals surface area (Å²) in [5, 5.41) is 13.7. The summed E-state index contributed by atoms with van der Waals surface area (Å²) in [5.41, 5.74) is 0. The quantitative estimate of drug-likeness (QED) is 0.428. The van der Waals surface area contributed by atoms with E-state index in [2.05, 4.69) is 0 Å². The van der Waals surface area contributed by atoms with Gasteiger partial charge < -0.3 is 16.9 Å². The number of hydrogen-bond acceptors (Lipinski definition) is 2. The Kier molecular flexibility index (Phi) is 13.4. The summed E-state index contributed by atoms with van der Waals surface area (Å²) in [7, 11) is 0. The monoisotopic (exact) mass is 86.0 g/mol. The largest absolute Gasteiger partial charge is 0.512 e. The van der Waals surface area contributed by atoms with Crippen molar-refractivity contribution in [3.05, 3.63) is 6.57 Å². The van der Waals surface area contributed by atoms with Gasteiger partial charge in [0, 0.05) is 6.92 Å². The Bertz CT molecular complexity index is 53.1. The molecular weight excluding hydrogens is 82.0 g/mol. The number of carboxylic acid groups (broad SMARTS) is 1. The van der Waals surface area contributed by atoms with Crippen molar-refractivity contribution in [1.82, 2.24) is 0 Å². The number of nitrogens with zero attached hydrogens (tertiary/aromatic N) is 1. The van der Waals surface area contributed by atoms with Crippen molar-refractivity contribution in [2.45, 2.75) is 6.92 Å². The molecule has 0 aliphatic rings. The van der Waals surface area contributed by atoms with Gasteiger partial charge in [0.2, 0.25) is 0 Å². The molecule has 3 heteroatoms. The molecule has 0 heterocycles. The molecule has 0 unspecified atom stereocenters. The van der Waals surface area contributed by atoms with Gasteiger partial charge in [0.05, 0.1) is 0 Å². The van der Waals surface area contributed by atoms with Gasteiger partial charge in [-0.05, 0) is 0 Å².